The first kappa shape index (κ1) is 14.8. The van der Waals surface area contributed by atoms with Crippen molar-refractivity contribution in [2.45, 2.75) is 20.4 Å². The number of hydrogen-bond donors (Lipinski definition) is 1. The lowest BCUT2D eigenvalue weighted by molar-refractivity contribution is 0.0756. The van der Waals surface area contributed by atoms with Crippen LogP contribution >= 0.6 is 22.9 Å². The average molecular weight is 310 g/mol. The molecule has 0 aliphatic carbocycles. The first-order valence-corrected chi connectivity index (χ1v) is 7.48. The summed E-state index contributed by atoms with van der Waals surface area (Å²) >= 11 is 7.37. The SMILES string of the molecule is CCN(Cc1ccccc1Cl)C(=O)c1sc(N)nc1C. The lowest BCUT2D eigenvalue weighted by Crippen LogP contribution is -2.30. The zero-order valence-electron chi connectivity index (χ0n) is 11.4. The summed E-state index contributed by atoms with van der Waals surface area (Å²) in [5.74, 6) is -0.0564. The molecule has 0 aliphatic rings. The predicted octanol–water partition coefficient (Wildman–Crippen LogP) is 3.35. The van der Waals surface area contributed by atoms with Gasteiger partial charge in [-0.05, 0) is 25.5 Å². The lowest BCUT2D eigenvalue weighted by atomic mass is 10.2. The third-order valence-electron chi connectivity index (χ3n) is 3.00. The lowest BCUT2D eigenvalue weighted by Gasteiger charge is -2.21. The number of aryl methyl sites for hydroxylation is 1. The van der Waals surface area contributed by atoms with Gasteiger partial charge in [0.2, 0.25) is 0 Å². The predicted molar refractivity (Wildman–Crippen MR) is 83.1 cm³/mol. The number of carbonyl (C=O) groups excluding carboxylic acids is 1. The smallest absolute Gasteiger partial charge is 0.266 e. The second-order valence-electron chi connectivity index (χ2n) is 4.38. The third-order valence-corrected chi connectivity index (χ3v) is 4.34. The minimum absolute atomic E-state index is 0.0564. The Morgan fingerprint density at radius 3 is 2.70 bits per heavy atom. The summed E-state index contributed by atoms with van der Waals surface area (Å²) in [6, 6.07) is 7.53. The van der Waals surface area contributed by atoms with Crippen LogP contribution in [0.3, 0.4) is 0 Å². The maximum atomic E-state index is 12.5. The molecule has 6 heteroatoms. The number of rotatable bonds is 4. The molecule has 0 atom stereocenters. The van der Waals surface area contributed by atoms with E-state index in [1.807, 2.05) is 31.2 Å². The van der Waals surface area contributed by atoms with Crippen LogP contribution in [0.1, 0.15) is 27.9 Å². The van der Waals surface area contributed by atoms with E-state index in [9.17, 15) is 4.79 Å². The molecular weight excluding hydrogens is 294 g/mol. The van der Waals surface area contributed by atoms with Gasteiger partial charge in [0.25, 0.3) is 5.91 Å². The average Bonchev–Trinajstić information content (AvgIpc) is 2.76. The summed E-state index contributed by atoms with van der Waals surface area (Å²) in [5.41, 5.74) is 7.26. The van der Waals surface area contributed by atoms with Gasteiger partial charge in [0.15, 0.2) is 5.13 Å². The van der Waals surface area contributed by atoms with Gasteiger partial charge in [-0.3, -0.25) is 4.79 Å². The van der Waals surface area contributed by atoms with Crippen molar-refractivity contribution < 1.29 is 4.79 Å². The van der Waals surface area contributed by atoms with E-state index in [1.165, 1.54) is 11.3 Å². The molecule has 1 aromatic heterocycles. The molecule has 4 nitrogen and oxygen atoms in total. The Morgan fingerprint density at radius 2 is 2.15 bits per heavy atom. The summed E-state index contributed by atoms with van der Waals surface area (Å²) in [5, 5.41) is 1.08. The first-order chi connectivity index (χ1) is 9.52. The molecule has 1 aromatic carbocycles. The van der Waals surface area contributed by atoms with E-state index in [4.69, 9.17) is 17.3 Å². The largest absolute Gasteiger partial charge is 0.375 e. The van der Waals surface area contributed by atoms with Crippen LogP contribution in [-0.2, 0) is 6.54 Å². The van der Waals surface area contributed by atoms with Crippen molar-refractivity contribution >= 4 is 34.0 Å². The van der Waals surface area contributed by atoms with E-state index >= 15 is 0 Å². The van der Waals surface area contributed by atoms with Gasteiger partial charge in [-0.1, -0.05) is 41.1 Å². The Kier molecular flexibility index (Phi) is 4.62. The number of carbonyl (C=O) groups is 1. The molecule has 0 saturated carbocycles. The highest BCUT2D eigenvalue weighted by molar-refractivity contribution is 7.17. The Bertz CT molecular complexity index is 627. The maximum Gasteiger partial charge on any atom is 0.266 e. The number of nitrogens with two attached hydrogens (primary N) is 1. The monoisotopic (exact) mass is 309 g/mol. The molecule has 0 spiro atoms. The van der Waals surface area contributed by atoms with Crippen molar-refractivity contribution in [2.24, 2.45) is 0 Å². The summed E-state index contributed by atoms with van der Waals surface area (Å²) in [6.07, 6.45) is 0. The molecule has 0 aliphatic heterocycles. The molecule has 1 heterocycles. The fourth-order valence-electron chi connectivity index (χ4n) is 1.92. The summed E-state index contributed by atoms with van der Waals surface area (Å²) < 4.78 is 0. The molecule has 2 N–H and O–H groups in total. The van der Waals surface area contributed by atoms with Gasteiger partial charge >= 0.3 is 0 Å². The first-order valence-electron chi connectivity index (χ1n) is 6.28. The number of nitrogen functional groups attached to an aromatic ring is 1. The van der Waals surface area contributed by atoms with Crippen LogP contribution in [0.2, 0.25) is 5.02 Å². The Hall–Kier alpha value is -1.59. The maximum absolute atomic E-state index is 12.5. The normalized spacial score (nSPS) is 10.6. The Balaban J connectivity index is 2.22. The number of benzene rings is 1. The Labute approximate surface area is 127 Å². The molecule has 2 aromatic rings. The summed E-state index contributed by atoms with van der Waals surface area (Å²) in [7, 11) is 0. The summed E-state index contributed by atoms with van der Waals surface area (Å²) in [4.78, 5) is 19.0. The number of amides is 1. The van der Waals surface area contributed by atoms with Crippen molar-refractivity contribution in [3.05, 3.63) is 45.4 Å². The van der Waals surface area contributed by atoms with Crippen molar-refractivity contribution in [3.63, 3.8) is 0 Å². The van der Waals surface area contributed by atoms with Crippen molar-refractivity contribution in [2.75, 3.05) is 12.3 Å². The van der Waals surface area contributed by atoms with Crippen LogP contribution in [0.25, 0.3) is 0 Å². The molecule has 0 saturated heterocycles. The van der Waals surface area contributed by atoms with Crippen molar-refractivity contribution in [1.29, 1.82) is 0 Å². The van der Waals surface area contributed by atoms with Gasteiger partial charge in [-0.25, -0.2) is 4.98 Å². The minimum Gasteiger partial charge on any atom is -0.375 e. The fraction of sp³-hybridized carbons (Fsp3) is 0.286. The topological polar surface area (TPSA) is 59.2 Å². The minimum atomic E-state index is -0.0564. The van der Waals surface area contributed by atoms with Crippen molar-refractivity contribution in [3.8, 4) is 0 Å². The molecular formula is C14H16ClN3OS. The van der Waals surface area contributed by atoms with Gasteiger partial charge in [0.05, 0.1) is 5.69 Å². The highest BCUT2D eigenvalue weighted by atomic mass is 35.5. The van der Waals surface area contributed by atoms with Gasteiger partial charge < -0.3 is 10.6 Å². The second kappa shape index (κ2) is 6.24. The number of anilines is 1. The molecule has 2 rings (SSSR count). The van der Waals surface area contributed by atoms with Gasteiger partial charge in [-0.15, -0.1) is 0 Å². The zero-order valence-corrected chi connectivity index (χ0v) is 13.0. The van der Waals surface area contributed by atoms with E-state index in [0.717, 1.165) is 5.56 Å². The van der Waals surface area contributed by atoms with Crippen LogP contribution < -0.4 is 5.73 Å². The zero-order chi connectivity index (χ0) is 14.7. The standard InChI is InChI=1S/C14H16ClN3OS/c1-3-18(8-10-6-4-5-7-11(10)15)13(19)12-9(2)17-14(16)20-12/h4-7H,3,8H2,1-2H3,(H2,16,17). The van der Waals surface area contributed by atoms with Crippen LogP contribution in [0, 0.1) is 6.92 Å². The van der Waals surface area contributed by atoms with Crippen LogP contribution in [0.5, 0.6) is 0 Å². The van der Waals surface area contributed by atoms with Gasteiger partial charge in [0.1, 0.15) is 4.88 Å². The van der Waals surface area contributed by atoms with Gasteiger partial charge in [-0.2, -0.15) is 0 Å². The molecule has 0 radical (unpaired) electrons. The number of hydrogen-bond acceptors (Lipinski definition) is 4. The van der Waals surface area contributed by atoms with Crippen LogP contribution in [0.15, 0.2) is 24.3 Å². The molecule has 0 unspecified atom stereocenters. The third kappa shape index (κ3) is 3.11. The molecule has 1 amide bonds. The van der Waals surface area contributed by atoms with E-state index < -0.39 is 0 Å². The van der Waals surface area contributed by atoms with Crippen LogP contribution in [0.4, 0.5) is 5.13 Å². The Morgan fingerprint density at radius 1 is 1.45 bits per heavy atom. The van der Waals surface area contributed by atoms with E-state index in [2.05, 4.69) is 4.98 Å². The summed E-state index contributed by atoms with van der Waals surface area (Å²) in [6.45, 7) is 4.81. The number of nitrogens with zero attached hydrogens (tertiary/aromatic N) is 2. The van der Waals surface area contributed by atoms with Crippen LogP contribution in [-0.4, -0.2) is 22.3 Å². The molecule has 0 fully saturated rings. The fourth-order valence-corrected chi connectivity index (χ4v) is 2.92. The van der Waals surface area contributed by atoms with Gasteiger partial charge in [0, 0.05) is 18.1 Å². The molecule has 106 valence electrons. The number of thiazole rings is 1. The highest BCUT2D eigenvalue weighted by Crippen LogP contribution is 2.23. The van der Waals surface area contributed by atoms with Crippen molar-refractivity contribution in [1.82, 2.24) is 9.88 Å². The van der Waals surface area contributed by atoms with E-state index in [0.29, 0.717) is 33.8 Å². The van der Waals surface area contributed by atoms with E-state index in [1.54, 1.807) is 11.8 Å². The quantitative estimate of drug-likeness (QED) is 0.942. The number of halogens is 1. The molecule has 20 heavy (non-hydrogen) atoms. The van der Waals surface area contributed by atoms with E-state index in [-0.39, 0.29) is 5.91 Å². The second-order valence-corrected chi connectivity index (χ2v) is 5.82. The molecule has 0 bridgehead atoms. The number of aromatic nitrogens is 1. The highest BCUT2D eigenvalue weighted by Gasteiger charge is 2.20.